The quantitative estimate of drug-likeness (QED) is 0.513. The highest BCUT2D eigenvalue weighted by Gasteiger charge is 2.39. The van der Waals surface area contributed by atoms with Gasteiger partial charge in [-0.25, -0.2) is 8.42 Å². The maximum Gasteiger partial charge on any atom is 0.265 e. The van der Waals surface area contributed by atoms with Crippen LogP contribution in [0.15, 0.2) is 89.8 Å². The Kier molecular flexibility index (Phi) is 4.25. The Morgan fingerprint density at radius 2 is 1.80 bits per heavy atom. The van der Waals surface area contributed by atoms with E-state index >= 15 is 0 Å². The van der Waals surface area contributed by atoms with Gasteiger partial charge in [0.05, 0.1) is 11.4 Å². The maximum absolute atomic E-state index is 13.5. The number of carbonyl (C=O) groups excluding carboxylic acids is 1. The number of hydrogen-bond acceptors (Lipinski definition) is 4. The molecule has 2 aromatic carbocycles. The van der Waals surface area contributed by atoms with Gasteiger partial charge in [-0.2, -0.15) is 0 Å². The number of nitrogens with zero attached hydrogens (tertiary/aromatic N) is 2. The Hall–Kier alpha value is -3.71. The summed E-state index contributed by atoms with van der Waals surface area (Å²) < 4.78 is 28.1. The normalized spacial score (nSPS) is 16.7. The van der Waals surface area contributed by atoms with Gasteiger partial charge in [0, 0.05) is 40.6 Å². The van der Waals surface area contributed by atoms with Crippen molar-refractivity contribution in [1.82, 2.24) is 14.3 Å². The number of fused-ring (bicyclic) bond motifs is 2. The second kappa shape index (κ2) is 6.96. The number of benzene rings is 2. The first-order valence-electron chi connectivity index (χ1n) is 9.39. The summed E-state index contributed by atoms with van der Waals surface area (Å²) in [6.07, 6.45) is 6.65. The van der Waals surface area contributed by atoms with E-state index in [1.165, 1.54) is 10.4 Å². The third-order valence-electron chi connectivity index (χ3n) is 5.16. The molecule has 0 amide bonds. The van der Waals surface area contributed by atoms with Crippen LogP contribution in [0.2, 0.25) is 0 Å². The molecule has 0 radical (unpaired) electrons. The van der Waals surface area contributed by atoms with Crippen molar-refractivity contribution >= 4 is 32.8 Å². The number of allylic oxidation sites excluding steroid dienone is 1. The Bertz CT molecular complexity index is 1410. The first kappa shape index (κ1) is 18.3. The van der Waals surface area contributed by atoms with Gasteiger partial charge in [-0.1, -0.05) is 36.4 Å². The predicted octanol–water partition coefficient (Wildman–Crippen LogP) is 3.99. The van der Waals surface area contributed by atoms with Crippen molar-refractivity contribution in [1.29, 1.82) is 0 Å². The SMILES string of the molecule is O=C1/C(=C/c2c[nH]c3ccccc23)N(Cc2cccnc2)S(=O)(=O)c2ccccc21. The molecule has 0 bridgehead atoms. The van der Waals surface area contributed by atoms with Crippen molar-refractivity contribution in [2.45, 2.75) is 11.4 Å². The largest absolute Gasteiger partial charge is 0.361 e. The molecule has 1 N–H and O–H groups in total. The zero-order chi connectivity index (χ0) is 20.7. The molecule has 0 spiro atoms. The fourth-order valence-electron chi connectivity index (χ4n) is 3.70. The standard InChI is InChI=1S/C23H17N3O3S/c27-23-19-8-2-4-10-22(19)30(28,29)26(15-16-6-5-11-24-13-16)21(23)12-17-14-25-20-9-3-1-7-18(17)20/h1-14,25H,15H2/b21-12-. The van der Waals surface area contributed by atoms with Crippen LogP contribution in [-0.2, 0) is 16.6 Å². The van der Waals surface area contributed by atoms with Crippen molar-refractivity contribution in [2.75, 3.05) is 0 Å². The van der Waals surface area contributed by atoms with E-state index in [4.69, 9.17) is 0 Å². The highest BCUT2D eigenvalue weighted by Crippen LogP contribution is 2.35. The topological polar surface area (TPSA) is 83.1 Å². The first-order chi connectivity index (χ1) is 14.6. The van der Waals surface area contributed by atoms with Gasteiger partial charge in [-0.3, -0.25) is 14.1 Å². The van der Waals surface area contributed by atoms with Gasteiger partial charge in [0.2, 0.25) is 5.78 Å². The van der Waals surface area contributed by atoms with Gasteiger partial charge >= 0.3 is 0 Å². The van der Waals surface area contributed by atoms with Crippen LogP contribution in [-0.4, -0.2) is 28.5 Å². The number of H-pyrrole nitrogens is 1. The van der Waals surface area contributed by atoms with Gasteiger partial charge < -0.3 is 4.98 Å². The number of ketones is 1. The highest BCUT2D eigenvalue weighted by atomic mass is 32.2. The number of nitrogens with one attached hydrogen (secondary N) is 1. The molecule has 30 heavy (non-hydrogen) atoms. The van der Waals surface area contributed by atoms with Crippen molar-refractivity contribution in [3.63, 3.8) is 0 Å². The zero-order valence-corrected chi connectivity index (χ0v) is 16.6. The summed E-state index contributed by atoms with van der Waals surface area (Å²) in [4.78, 5) is 20.6. The summed E-state index contributed by atoms with van der Waals surface area (Å²) in [6.45, 7) is 0.0183. The molecule has 2 aromatic heterocycles. The molecule has 4 aromatic rings. The van der Waals surface area contributed by atoms with Crippen molar-refractivity contribution in [3.05, 3.63) is 102 Å². The van der Waals surface area contributed by atoms with E-state index in [0.29, 0.717) is 5.56 Å². The number of carbonyl (C=O) groups is 1. The molecule has 0 aliphatic carbocycles. The molecule has 0 saturated heterocycles. The lowest BCUT2D eigenvalue weighted by Gasteiger charge is -2.31. The summed E-state index contributed by atoms with van der Waals surface area (Å²) in [6, 6.07) is 17.5. The number of sulfonamides is 1. The predicted molar refractivity (Wildman–Crippen MR) is 114 cm³/mol. The molecule has 0 unspecified atom stereocenters. The molecule has 3 heterocycles. The molecule has 6 nitrogen and oxygen atoms in total. The molecule has 1 aliphatic rings. The molecule has 148 valence electrons. The monoisotopic (exact) mass is 415 g/mol. The van der Waals surface area contributed by atoms with E-state index in [9.17, 15) is 13.2 Å². The van der Waals surface area contributed by atoms with Crippen LogP contribution in [0.5, 0.6) is 0 Å². The van der Waals surface area contributed by atoms with E-state index in [-0.39, 0.29) is 28.5 Å². The summed E-state index contributed by atoms with van der Waals surface area (Å²) in [7, 11) is -3.91. The van der Waals surface area contributed by atoms with Crippen molar-refractivity contribution < 1.29 is 13.2 Å². The van der Waals surface area contributed by atoms with E-state index < -0.39 is 10.0 Å². The van der Waals surface area contributed by atoms with Crippen LogP contribution in [0, 0.1) is 0 Å². The Morgan fingerprint density at radius 1 is 1.00 bits per heavy atom. The smallest absolute Gasteiger partial charge is 0.265 e. The van der Waals surface area contributed by atoms with Gasteiger partial charge in [0.1, 0.15) is 5.70 Å². The van der Waals surface area contributed by atoms with Crippen LogP contribution < -0.4 is 0 Å². The number of aromatic amines is 1. The summed E-state index contributed by atoms with van der Waals surface area (Å²) in [5.41, 5.74) is 2.65. The second-order valence-corrected chi connectivity index (χ2v) is 8.85. The van der Waals surface area contributed by atoms with Crippen molar-refractivity contribution in [3.8, 4) is 0 Å². The number of aromatic nitrogens is 2. The molecule has 1 aliphatic heterocycles. The number of Topliss-reactive ketones (excluding diaryl/α,β-unsaturated/α-hetero) is 1. The van der Waals surface area contributed by atoms with Crippen LogP contribution in [0.4, 0.5) is 0 Å². The van der Waals surface area contributed by atoms with Gasteiger partial charge in [0.15, 0.2) is 0 Å². The third kappa shape index (κ3) is 2.91. The second-order valence-electron chi connectivity index (χ2n) is 7.02. The number of para-hydroxylation sites is 1. The van der Waals surface area contributed by atoms with E-state index in [1.807, 2.05) is 24.3 Å². The lowest BCUT2D eigenvalue weighted by atomic mass is 10.0. The number of rotatable bonds is 3. The molecule has 5 rings (SSSR count). The highest BCUT2D eigenvalue weighted by molar-refractivity contribution is 7.89. The first-order valence-corrected chi connectivity index (χ1v) is 10.8. The summed E-state index contributed by atoms with van der Waals surface area (Å²) in [5, 5.41) is 0.912. The molecular weight excluding hydrogens is 398 g/mol. The minimum absolute atomic E-state index is 0.0183. The Morgan fingerprint density at radius 3 is 2.63 bits per heavy atom. The number of hydrogen-bond donors (Lipinski definition) is 1. The van der Waals surface area contributed by atoms with Crippen LogP contribution in [0.1, 0.15) is 21.5 Å². The average Bonchev–Trinajstić information content (AvgIpc) is 3.18. The Balaban J connectivity index is 1.72. The third-order valence-corrected chi connectivity index (χ3v) is 6.98. The average molecular weight is 415 g/mol. The summed E-state index contributed by atoms with van der Waals surface area (Å²) in [5.74, 6) is -0.324. The zero-order valence-electron chi connectivity index (χ0n) is 15.8. The molecule has 0 atom stereocenters. The van der Waals surface area contributed by atoms with Crippen LogP contribution in [0.25, 0.3) is 17.0 Å². The molecular formula is C23H17N3O3S. The summed E-state index contributed by atoms with van der Waals surface area (Å²) >= 11 is 0. The maximum atomic E-state index is 13.5. The van der Waals surface area contributed by atoms with Crippen LogP contribution in [0.3, 0.4) is 0 Å². The van der Waals surface area contributed by atoms with Gasteiger partial charge in [0.25, 0.3) is 10.0 Å². The van der Waals surface area contributed by atoms with Gasteiger partial charge in [-0.05, 0) is 35.9 Å². The van der Waals surface area contributed by atoms with E-state index in [2.05, 4.69) is 9.97 Å². The minimum atomic E-state index is -3.91. The van der Waals surface area contributed by atoms with E-state index in [1.54, 1.807) is 55.0 Å². The lowest BCUT2D eigenvalue weighted by molar-refractivity contribution is 0.100. The Labute approximate surface area is 173 Å². The molecule has 0 saturated carbocycles. The van der Waals surface area contributed by atoms with Crippen molar-refractivity contribution in [2.24, 2.45) is 0 Å². The lowest BCUT2D eigenvalue weighted by Crippen LogP contribution is -2.38. The van der Waals surface area contributed by atoms with Gasteiger partial charge in [-0.15, -0.1) is 0 Å². The van der Waals surface area contributed by atoms with E-state index in [0.717, 1.165) is 16.5 Å². The number of pyridine rings is 1. The molecule has 0 fully saturated rings. The molecule has 7 heteroatoms. The fourth-order valence-corrected chi connectivity index (χ4v) is 5.34. The fraction of sp³-hybridized carbons (Fsp3) is 0.0435. The van der Waals surface area contributed by atoms with Crippen LogP contribution >= 0.6 is 0 Å². The minimum Gasteiger partial charge on any atom is -0.361 e.